The largest absolute Gasteiger partial charge is 0.469 e. The molecule has 42 heavy (non-hydrogen) atoms. The molecule has 0 radical (unpaired) electrons. The summed E-state index contributed by atoms with van der Waals surface area (Å²) in [6.07, 6.45) is 1.15. The van der Waals surface area contributed by atoms with E-state index in [1.54, 1.807) is 30.3 Å². The second-order valence-corrected chi connectivity index (χ2v) is 10.1. The molecule has 0 saturated carbocycles. The number of hydrogen-bond acceptors (Lipinski definition) is 5. The molecule has 0 spiro atoms. The number of para-hydroxylation sites is 1. The molecule has 0 bridgehead atoms. The maximum absolute atomic E-state index is 14.0. The molecule has 0 aliphatic heterocycles. The molecule has 3 aromatic carbocycles. The van der Waals surface area contributed by atoms with Gasteiger partial charge in [-0.25, -0.2) is 4.39 Å². The van der Waals surface area contributed by atoms with Gasteiger partial charge >= 0.3 is 5.97 Å². The fraction of sp³-hybridized carbons (Fsp3) is 0.206. The third-order valence-electron chi connectivity index (χ3n) is 6.70. The minimum atomic E-state index is -1.20. The number of carbonyl (C=O) groups is 3. The van der Waals surface area contributed by atoms with Gasteiger partial charge in [0.05, 0.1) is 25.3 Å². The number of ketones is 1. The van der Waals surface area contributed by atoms with E-state index in [9.17, 15) is 23.9 Å². The SMILES string of the molecule is COC(=O)C[C@H](O)CC(=O)/C=C/c1c(-c2ccc(F)cc2)c(-c2ccccc2)c(C(=O)Nc2ccccc2)n1C(C)C. The van der Waals surface area contributed by atoms with Crippen LogP contribution in [0.25, 0.3) is 28.3 Å². The number of aliphatic hydroxyl groups excluding tert-OH is 1. The third kappa shape index (κ3) is 7.08. The number of halogens is 1. The molecule has 8 heteroatoms. The van der Waals surface area contributed by atoms with E-state index in [4.69, 9.17) is 0 Å². The summed E-state index contributed by atoms with van der Waals surface area (Å²) in [4.78, 5) is 38.4. The zero-order chi connectivity index (χ0) is 30.2. The van der Waals surface area contributed by atoms with Crippen LogP contribution in [0, 0.1) is 5.82 Å². The Morgan fingerprint density at radius 3 is 2.07 bits per heavy atom. The fourth-order valence-electron chi connectivity index (χ4n) is 4.86. The molecule has 0 aliphatic carbocycles. The Hall–Kier alpha value is -4.82. The monoisotopic (exact) mass is 568 g/mol. The Morgan fingerprint density at radius 2 is 1.48 bits per heavy atom. The lowest BCUT2D eigenvalue weighted by Crippen LogP contribution is -2.20. The van der Waals surface area contributed by atoms with E-state index < -0.39 is 23.7 Å². The zero-order valence-electron chi connectivity index (χ0n) is 23.7. The van der Waals surface area contributed by atoms with Crippen molar-refractivity contribution in [3.8, 4) is 22.3 Å². The second-order valence-electron chi connectivity index (χ2n) is 10.1. The highest BCUT2D eigenvalue weighted by Crippen LogP contribution is 2.42. The first kappa shape index (κ1) is 30.1. The number of carbonyl (C=O) groups excluding carboxylic acids is 3. The molecule has 0 fully saturated rings. The van der Waals surface area contributed by atoms with E-state index in [1.807, 2.05) is 66.9 Å². The van der Waals surface area contributed by atoms with Crippen LogP contribution in [-0.4, -0.2) is 40.5 Å². The lowest BCUT2D eigenvalue weighted by atomic mass is 9.94. The highest BCUT2D eigenvalue weighted by molar-refractivity contribution is 6.12. The molecule has 216 valence electrons. The van der Waals surface area contributed by atoms with Gasteiger partial charge in [-0.2, -0.15) is 0 Å². The van der Waals surface area contributed by atoms with Gasteiger partial charge in [0.25, 0.3) is 5.91 Å². The van der Waals surface area contributed by atoms with Crippen molar-refractivity contribution in [2.45, 2.75) is 38.8 Å². The van der Waals surface area contributed by atoms with Gasteiger partial charge < -0.3 is 19.7 Å². The number of nitrogens with zero attached hydrogens (tertiary/aromatic N) is 1. The van der Waals surface area contributed by atoms with Crippen LogP contribution in [0.2, 0.25) is 0 Å². The molecular formula is C34H33FN2O5. The number of allylic oxidation sites excluding steroid dienone is 1. The predicted molar refractivity (Wildman–Crippen MR) is 161 cm³/mol. The maximum Gasteiger partial charge on any atom is 0.308 e. The van der Waals surface area contributed by atoms with E-state index in [-0.39, 0.29) is 24.8 Å². The van der Waals surface area contributed by atoms with Crippen molar-refractivity contribution in [3.05, 3.63) is 108 Å². The topological polar surface area (TPSA) is 97.6 Å². The molecule has 1 aromatic heterocycles. The number of aromatic nitrogens is 1. The molecule has 0 unspecified atom stereocenters. The number of nitrogens with one attached hydrogen (secondary N) is 1. The van der Waals surface area contributed by atoms with Gasteiger partial charge in [-0.3, -0.25) is 14.4 Å². The molecule has 1 heterocycles. The Balaban J connectivity index is 1.93. The summed E-state index contributed by atoms with van der Waals surface area (Å²) in [6.45, 7) is 3.86. The van der Waals surface area contributed by atoms with Gasteiger partial charge in [-0.1, -0.05) is 60.7 Å². The summed E-state index contributed by atoms with van der Waals surface area (Å²) in [5.41, 5.74) is 4.24. The normalized spacial score (nSPS) is 12.0. The summed E-state index contributed by atoms with van der Waals surface area (Å²) in [5, 5.41) is 13.2. The van der Waals surface area contributed by atoms with Gasteiger partial charge in [0, 0.05) is 29.3 Å². The number of hydrogen-bond donors (Lipinski definition) is 2. The summed E-state index contributed by atoms with van der Waals surface area (Å²) < 4.78 is 20.4. The first-order valence-electron chi connectivity index (χ1n) is 13.6. The van der Waals surface area contributed by atoms with Crippen molar-refractivity contribution in [2.75, 3.05) is 12.4 Å². The van der Waals surface area contributed by atoms with Crippen LogP contribution >= 0.6 is 0 Å². The lowest BCUT2D eigenvalue weighted by Gasteiger charge is -2.17. The Kier molecular flexibility index (Phi) is 9.83. The highest BCUT2D eigenvalue weighted by atomic mass is 19.1. The predicted octanol–water partition coefficient (Wildman–Crippen LogP) is 6.69. The van der Waals surface area contributed by atoms with Crippen LogP contribution < -0.4 is 5.32 Å². The molecular weight excluding hydrogens is 535 g/mol. The first-order valence-corrected chi connectivity index (χ1v) is 13.6. The summed E-state index contributed by atoms with van der Waals surface area (Å²) in [7, 11) is 1.21. The van der Waals surface area contributed by atoms with E-state index >= 15 is 0 Å². The fourth-order valence-corrected chi connectivity index (χ4v) is 4.86. The van der Waals surface area contributed by atoms with Crippen LogP contribution in [0.5, 0.6) is 0 Å². The number of rotatable bonds is 11. The molecule has 0 aliphatic rings. The van der Waals surface area contributed by atoms with Crippen LogP contribution in [0.15, 0.2) is 91.0 Å². The van der Waals surface area contributed by atoms with E-state index in [2.05, 4.69) is 10.1 Å². The number of methoxy groups -OCH3 is 1. The molecule has 2 N–H and O–H groups in total. The summed E-state index contributed by atoms with van der Waals surface area (Å²) in [6, 6.07) is 24.3. The zero-order valence-corrected chi connectivity index (χ0v) is 23.7. The molecule has 4 aromatic rings. The molecule has 0 saturated heterocycles. The Labute approximate surface area is 244 Å². The van der Waals surface area contributed by atoms with Crippen molar-refractivity contribution >= 4 is 29.4 Å². The Morgan fingerprint density at radius 1 is 0.881 bits per heavy atom. The standard InChI is InChI=1S/C34H33FN2O5/c1-22(2)37-29(19-18-27(38)20-28(39)21-30(40)42-3)31(24-14-16-25(35)17-15-24)32(23-10-6-4-7-11-23)33(37)34(41)36-26-12-8-5-9-13-26/h4-19,22,28,39H,20-21H2,1-3H3,(H,36,41)/b19-18+/t28-/m1/s1. The summed E-state index contributed by atoms with van der Waals surface area (Å²) >= 11 is 0. The van der Waals surface area contributed by atoms with Gasteiger partial charge in [0.1, 0.15) is 11.5 Å². The van der Waals surface area contributed by atoms with Gasteiger partial charge in [-0.15, -0.1) is 0 Å². The van der Waals surface area contributed by atoms with Crippen LogP contribution in [0.1, 0.15) is 48.9 Å². The Bertz CT molecular complexity index is 1580. The summed E-state index contributed by atoms with van der Waals surface area (Å²) in [5.74, 6) is -1.79. The first-order chi connectivity index (χ1) is 20.2. The number of esters is 1. The number of ether oxygens (including phenoxy) is 1. The quantitative estimate of drug-likeness (QED) is 0.155. The molecule has 7 nitrogen and oxygen atoms in total. The maximum atomic E-state index is 14.0. The average Bonchev–Trinajstić information content (AvgIpc) is 3.33. The number of benzene rings is 3. The van der Waals surface area contributed by atoms with Crippen molar-refractivity contribution in [1.82, 2.24) is 4.57 Å². The van der Waals surface area contributed by atoms with Gasteiger partial charge in [0.15, 0.2) is 5.78 Å². The average molecular weight is 569 g/mol. The van der Waals surface area contributed by atoms with Gasteiger partial charge in [0.2, 0.25) is 0 Å². The van der Waals surface area contributed by atoms with Crippen LogP contribution in [-0.2, 0) is 14.3 Å². The minimum Gasteiger partial charge on any atom is -0.469 e. The lowest BCUT2D eigenvalue weighted by molar-refractivity contribution is -0.143. The smallest absolute Gasteiger partial charge is 0.308 e. The van der Waals surface area contributed by atoms with Gasteiger partial charge in [-0.05, 0) is 61.4 Å². The second kappa shape index (κ2) is 13.7. The third-order valence-corrected chi connectivity index (χ3v) is 6.70. The minimum absolute atomic E-state index is 0.224. The molecule has 4 rings (SSSR count). The van der Waals surface area contributed by atoms with E-state index in [1.165, 1.54) is 25.3 Å². The van der Waals surface area contributed by atoms with Crippen LogP contribution in [0.3, 0.4) is 0 Å². The van der Waals surface area contributed by atoms with Crippen molar-refractivity contribution in [2.24, 2.45) is 0 Å². The molecule has 1 atom stereocenters. The van der Waals surface area contributed by atoms with Crippen LogP contribution in [0.4, 0.5) is 10.1 Å². The van der Waals surface area contributed by atoms with Crippen molar-refractivity contribution in [1.29, 1.82) is 0 Å². The van der Waals surface area contributed by atoms with Crippen molar-refractivity contribution < 1.29 is 28.6 Å². The number of amides is 1. The van der Waals surface area contributed by atoms with E-state index in [0.717, 1.165) is 5.56 Å². The highest BCUT2D eigenvalue weighted by Gasteiger charge is 2.29. The van der Waals surface area contributed by atoms with Crippen molar-refractivity contribution in [3.63, 3.8) is 0 Å². The number of anilines is 1. The molecule has 1 amide bonds. The van der Waals surface area contributed by atoms with E-state index in [0.29, 0.717) is 33.8 Å². The number of aliphatic hydroxyl groups is 1.